The lowest BCUT2D eigenvalue weighted by molar-refractivity contribution is -0.0925. The number of carbonyl (C=O) groups is 2. The summed E-state index contributed by atoms with van der Waals surface area (Å²) in [6.45, 7) is 4.69. The third kappa shape index (κ3) is 8.78. The van der Waals surface area contributed by atoms with Gasteiger partial charge in [-0.3, -0.25) is 0 Å². The second kappa shape index (κ2) is 12.9. The second-order valence-electron chi connectivity index (χ2n) is 8.35. The molecule has 0 aliphatic heterocycles. The molecular weight excluding hydrogens is 372 g/mol. The largest absolute Gasteiger partial charge is 0.430 e. The summed E-state index contributed by atoms with van der Waals surface area (Å²) in [7, 11) is 0. The summed E-state index contributed by atoms with van der Waals surface area (Å²) in [5.41, 5.74) is 5.66. The van der Waals surface area contributed by atoms with E-state index >= 15 is 0 Å². The van der Waals surface area contributed by atoms with Crippen LogP contribution in [0.4, 0.5) is 9.59 Å². The van der Waals surface area contributed by atoms with E-state index in [0.29, 0.717) is 13.1 Å². The summed E-state index contributed by atoms with van der Waals surface area (Å²) >= 11 is 0. The van der Waals surface area contributed by atoms with Gasteiger partial charge >= 0.3 is 12.2 Å². The minimum Gasteiger partial charge on any atom is -0.430 e. The van der Waals surface area contributed by atoms with E-state index < -0.39 is 24.6 Å². The predicted octanol–water partition coefficient (Wildman–Crippen LogP) is 3.45. The Kier molecular flexibility index (Phi) is 10.6. The van der Waals surface area contributed by atoms with Gasteiger partial charge in [-0.2, -0.15) is 0 Å². The maximum atomic E-state index is 12.3. The maximum absolute atomic E-state index is 12.3. The lowest BCUT2D eigenvalue weighted by Gasteiger charge is -2.34. The summed E-state index contributed by atoms with van der Waals surface area (Å²) < 4.78 is 11.2. The average Bonchev–Trinajstić information content (AvgIpc) is 2.69. The molecule has 2 saturated carbocycles. The molecule has 0 aromatic heterocycles. The lowest BCUT2D eigenvalue weighted by Crippen LogP contribution is -2.49. The molecule has 2 unspecified atom stereocenters. The first kappa shape index (κ1) is 23.7. The van der Waals surface area contributed by atoms with E-state index in [1.807, 2.05) is 4.90 Å². The summed E-state index contributed by atoms with van der Waals surface area (Å²) in [5.74, 6) is 0. The van der Waals surface area contributed by atoms with Gasteiger partial charge in [0.15, 0.2) is 12.5 Å². The Morgan fingerprint density at radius 3 is 1.66 bits per heavy atom. The Morgan fingerprint density at radius 2 is 1.28 bits per heavy atom. The van der Waals surface area contributed by atoms with Crippen LogP contribution in [0.2, 0.25) is 0 Å². The highest BCUT2D eigenvalue weighted by Crippen LogP contribution is 2.19. The average molecular weight is 413 g/mol. The highest BCUT2D eigenvalue weighted by Gasteiger charge is 2.27. The Morgan fingerprint density at radius 1 is 0.862 bits per heavy atom. The van der Waals surface area contributed by atoms with Crippen molar-refractivity contribution in [2.24, 2.45) is 5.73 Å². The van der Waals surface area contributed by atoms with Gasteiger partial charge in [0.2, 0.25) is 0 Å². The van der Waals surface area contributed by atoms with E-state index in [2.05, 4.69) is 10.6 Å². The minimum atomic E-state index is -0.525. The van der Waals surface area contributed by atoms with Crippen molar-refractivity contribution in [3.63, 3.8) is 0 Å². The van der Waals surface area contributed by atoms with Gasteiger partial charge < -0.3 is 25.8 Å². The van der Waals surface area contributed by atoms with E-state index in [0.717, 1.165) is 57.8 Å². The van der Waals surface area contributed by atoms with Gasteiger partial charge in [0.1, 0.15) is 0 Å². The molecule has 2 aliphatic carbocycles. The molecule has 2 aliphatic rings. The zero-order valence-electron chi connectivity index (χ0n) is 18.2. The molecule has 2 rings (SSSR count). The summed E-state index contributed by atoms with van der Waals surface area (Å²) in [4.78, 5) is 26.5. The predicted molar refractivity (Wildman–Crippen MR) is 112 cm³/mol. The number of alkyl carbamates (subject to hydrolysis) is 2. The highest BCUT2D eigenvalue weighted by molar-refractivity contribution is 5.68. The van der Waals surface area contributed by atoms with E-state index in [9.17, 15) is 9.59 Å². The molecule has 8 nitrogen and oxygen atoms in total. The van der Waals surface area contributed by atoms with Gasteiger partial charge in [-0.25, -0.2) is 14.5 Å². The third-order valence-corrected chi connectivity index (χ3v) is 5.96. The molecule has 2 amide bonds. The van der Waals surface area contributed by atoms with Crippen LogP contribution in [-0.4, -0.2) is 54.7 Å². The Balaban J connectivity index is 1.82. The Hall–Kier alpha value is -1.54. The minimum absolute atomic E-state index is 0.191. The Labute approximate surface area is 175 Å². The zero-order valence-corrected chi connectivity index (χ0v) is 18.2. The van der Waals surface area contributed by atoms with Crippen molar-refractivity contribution >= 4 is 12.2 Å². The number of ether oxygens (including phenoxy) is 2. The summed E-state index contributed by atoms with van der Waals surface area (Å²) in [6.07, 6.45) is 9.87. The molecule has 0 radical (unpaired) electrons. The number of nitrogens with one attached hydrogen (secondary N) is 2. The van der Waals surface area contributed by atoms with Crippen molar-refractivity contribution in [3.8, 4) is 0 Å². The number of hydrogen-bond acceptors (Lipinski definition) is 6. The van der Waals surface area contributed by atoms with Crippen LogP contribution in [0.5, 0.6) is 0 Å². The van der Waals surface area contributed by atoms with E-state index in [1.54, 1.807) is 13.8 Å². The van der Waals surface area contributed by atoms with Crippen molar-refractivity contribution < 1.29 is 19.1 Å². The molecule has 2 atom stereocenters. The molecule has 8 heteroatoms. The normalized spacial score (nSPS) is 20.7. The standard InChI is InChI=1S/C21H40N4O4/c1-16(28-20(26)23-18-10-5-3-6-11-18)25(15-9-14-22)17(2)29-21(27)24-19-12-7-4-8-13-19/h16-19H,3-15,22H2,1-2H3,(H,23,26)(H,24,27). The first-order valence-electron chi connectivity index (χ1n) is 11.4. The quantitative estimate of drug-likeness (QED) is 0.501. The van der Waals surface area contributed by atoms with Crippen molar-refractivity contribution in [1.82, 2.24) is 15.5 Å². The first-order chi connectivity index (χ1) is 14.0. The molecule has 2 fully saturated rings. The summed E-state index contributed by atoms with van der Waals surface area (Å²) in [6, 6.07) is 0.381. The molecule has 0 bridgehead atoms. The van der Waals surface area contributed by atoms with Crippen LogP contribution in [0, 0.1) is 0 Å². The number of hydrogen-bond donors (Lipinski definition) is 3. The fourth-order valence-electron chi connectivity index (χ4n) is 4.27. The van der Waals surface area contributed by atoms with Crippen molar-refractivity contribution in [2.45, 2.75) is 109 Å². The van der Waals surface area contributed by atoms with Crippen LogP contribution < -0.4 is 16.4 Å². The molecule has 4 N–H and O–H groups in total. The molecule has 0 spiro atoms. The van der Waals surface area contributed by atoms with E-state index in [-0.39, 0.29) is 12.1 Å². The maximum Gasteiger partial charge on any atom is 0.408 e. The van der Waals surface area contributed by atoms with Gasteiger partial charge in [-0.15, -0.1) is 0 Å². The SMILES string of the molecule is CC(OC(=O)NC1CCCCC1)N(CCCN)C(C)OC(=O)NC1CCCCC1. The fraction of sp³-hybridized carbons (Fsp3) is 0.905. The smallest absolute Gasteiger partial charge is 0.408 e. The number of rotatable bonds is 9. The zero-order chi connectivity index (χ0) is 21.1. The van der Waals surface area contributed by atoms with Crippen LogP contribution in [-0.2, 0) is 9.47 Å². The second-order valence-corrected chi connectivity index (χ2v) is 8.35. The fourth-order valence-corrected chi connectivity index (χ4v) is 4.27. The van der Waals surface area contributed by atoms with Gasteiger partial charge in [0.25, 0.3) is 0 Å². The van der Waals surface area contributed by atoms with Crippen molar-refractivity contribution in [1.29, 1.82) is 0 Å². The highest BCUT2D eigenvalue weighted by atomic mass is 16.6. The third-order valence-electron chi connectivity index (χ3n) is 5.96. The van der Waals surface area contributed by atoms with Crippen LogP contribution in [0.3, 0.4) is 0 Å². The van der Waals surface area contributed by atoms with Crippen molar-refractivity contribution in [3.05, 3.63) is 0 Å². The number of amides is 2. The number of nitrogens with zero attached hydrogens (tertiary/aromatic N) is 1. The first-order valence-corrected chi connectivity index (χ1v) is 11.4. The van der Waals surface area contributed by atoms with Crippen LogP contribution in [0.25, 0.3) is 0 Å². The van der Waals surface area contributed by atoms with Gasteiger partial charge in [0.05, 0.1) is 0 Å². The van der Waals surface area contributed by atoms with Gasteiger partial charge in [-0.1, -0.05) is 38.5 Å². The molecular formula is C21H40N4O4. The molecule has 0 aromatic rings. The molecule has 0 saturated heterocycles. The monoisotopic (exact) mass is 412 g/mol. The molecule has 0 aromatic carbocycles. The van der Waals surface area contributed by atoms with E-state index in [4.69, 9.17) is 15.2 Å². The van der Waals surface area contributed by atoms with Crippen LogP contribution in [0.1, 0.15) is 84.5 Å². The van der Waals surface area contributed by atoms with Crippen molar-refractivity contribution in [2.75, 3.05) is 13.1 Å². The topological polar surface area (TPSA) is 106 Å². The van der Waals surface area contributed by atoms with Gasteiger partial charge in [-0.05, 0) is 52.5 Å². The lowest BCUT2D eigenvalue weighted by atomic mass is 9.96. The number of carbonyl (C=O) groups excluding carboxylic acids is 2. The molecule has 168 valence electrons. The molecule has 29 heavy (non-hydrogen) atoms. The van der Waals surface area contributed by atoms with Crippen LogP contribution in [0.15, 0.2) is 0 Å². The number of nitrogens with two attached hydrogens (primary N) is 1. The summed E-state index contributed by atoms with van der Waals surface area (Å²) in [5, 5.41) is 5.92. The van der Waals surface area contributed by atoms with Gasteiger partial charge in [0, 0.05) is 18.6 Å². The van der Waals surface area contributed by atoms with E-state index in [1.165, 1.54) is 12.8 Å². The van der Waals surface area contributed by atoms with Crippen LogP contribution >= 0.6 is 0 Å². The molecule has 0 heterocycles. The Bertz CT molecular complexity index is 453.